The molecule has 126 valence electrons. The van der Waals surface area contributed by atoms with Crippen molar-refractivity contribution < 1.29 is 4.79 Å². The molecule has 1 N–H and O–H groups in total. The molecule has 0 bridgehead atoms. The van der Waals surface area contributed by atoms with E-state index in [9.17, 15) is 9.59 Å². The Morgan fingerprint density at radius 2 is 1.88 bits per heavy atom. The van der Waals surface area contributed by atoms with E-state index in [0.29, 0.717) is 13.1 Å². The summed E-state index contributed by atoms with van der Waals surface area (Å²) in [5.41, 5.74) is 2.46. The van der Waals surface area contributed by atoms with Crippen LogP contribution in [-0.2, 0) is 6.54 Å². The van der Waals surface area contributed by atoms with Gasteiger partial charge in [0.25, 0.3) is 11.5 Å². The Morgan fingerprint density at radius 3 is 2.62 bits per heavy atom. The Balaban J connectivity index is 1.62. The number of carbonyl (C=O) groups is 1. The van der Waals surface area contributed by atoms with Gasteiger partial charge in [0.2, 0.25) is 0 Å². The fourth-order valence-corrected chi connectivity index (χ4v) is 3.04. The molecule has 1 fully saturated rings. The van der Waals surface area contributed by atoms with Crippen LogP contribution in [0.4, 0.5) is 0 Å². The van der Waals surface area contributed by atoms with Gasteiger partial charge in [0.15, 0.2) is 0 Å². The number of nitrogens with one attached hydrogen (secondary N) is 1. The van der Waals surface area contributed by atoms with E-state index in [1.807, 2.05) is 0 Å². The van der Waals surface area contributed by atoms with Gasteiger partial charge in [0, 0.05) is 38.9 Å². The molecule has 1 aliphatic rings. The first-order valence-corrected chi connectivity index (χ1v) is 8.38. The minimum Gasteiger partial charge on any atom is -0.337 e. The van der Waals surface area contributed by atoms with Crippen molar-refractivity contribution in [3.05, 3.63) is 69.6 Å². The zero-order valence-electron chi connectivity index (χ0n) is 14.0. The monoisotopic (exact) mass is 325 g/mol. The standard InChI is InChI=1S/C19H23N3O2/c1-15-5-7-16(8-6-15)14-21-10-3-11-22(13-12-21)19(24)17-4-2-9-20-18(17)23/h2,4-9H,3,10-14H2,1H3,(H,20,23). The predicted molar refractivity (Wildman–Crippen MR) is 94.0 cm³/mol. The summed E-state index contributed by atoms with van der Waals surface area (Å²) < 4.78 is 0. The number of pyridine rings is 1. The van der Waals surface area contributed by atoms with Gasteiger partial charge in [-0.25, -0.2) is 0 Å². The maximum atomic E-state index is 12.6. The van der Waals surface area contributed by atoms with Crippen molar-refractivity contribution in [2.24, 2.45) is 0 Å². The number of aromatic nitrogens is 1. The minimum atomic E-state index is -0.316. The first-order valence-electron chi connectivity index (χ1n) is 8.38. The molecular weight excluding hydrogens is 302 g/mol. The molecule has 24 heavy (non-hydrogen) atoms. The number of nitrogens with zero attached hydrogens (tertiary/aromatic N) is 2. The second-order valence-electron chi connectivity index (χ2n) is 6.32. The van der Waals surface area contributed by atoms with Crippen molar-refractivity contribution >= 4 is 5.91 Å². The molecule has 0 atom stereocenters. The molecule has 1 amide bonds. The van der Waals surface area contributed by atoms with Gasteiger partial charge in [0.05, 0.1) is 0 Å². The quantitative estimate of drug-likeness (QED) is 0.939. The van der Waals surface area contributed by atoms with Gasteiger partial charge in [-0.3, -0.25) is 14.5 Å². The molecule has 5 heteroatoms. The lowest BCUT2D eigenvalue weighted by Crippen LogP contribution is -2.37. The Morgan fingerprint density at radius 1 is 1.08 bits per heavy atom. The molecule has 1 saturated heterocycles. The smallest absolute Gasteiger partial charge is 0.260 e. The maximum absolute atomic E-state index is 12.6. The number of hydrogen-bond acceptors (Lipinski definition) is 3. The number of carbonyl (C=O) groups excluding carboxylic acids is 1. The molecule has 1 aromatic carbocycles. The van der Waals surface area contributed by atoms with E-state index in [2.05, 4.69) is 41.1 Å². The fraction of sp³-hybridized carbons (Fsp3) is 0.368. The number of H-pyrrole nitrogens is 1. The molecule has 0 spiro atoms. The van der Waals surface area contributed by atoms with E-state index in [1.165, 1.54) is 11.1 Å². The van der Waals surface area contributed by atoms with Crippen molar-refractivity contribution in [3.63, 3.8) is 0 Å². The molecule has 0 saturated carbocycles. The van der Waals surface area contributed by atoms with Crippen LogP contribution in [0.15, 0.2) is 47.4 Å². The lowest BCUT2D eigenvalue weighted by Gasteiger charge is -2.22. The number of hydrogen-bond donors (Lipinski definition) is 1. The third-order valence-electron chi connectivity index (χ3n) is 4.45. The van der Waals surface area contributed by atoms with Crippen LogP contribution in [-0.4, -0.2) is 46.9 Å². The highest BCUT2D eigenvalue weighted by Crippen LogP contribution is 2.11. The molecule has 0 aliphatic carbocycles. The largest absolute Gasteiger partial charge is 0.337 e. The summed E-state index contributed by atoms with van der Waals surface area (Å²) in [4.78, 5) is 31.1. The molecule has 5 nitrogen and oxygen atoms in total. The van der Waals surface area contributed by atoms with Crippen LogP contribution in [0.5, 0.6) is 0 Å². The number of amides is 1. The number of benzene rings is 1. The predicted octanol–water partition coefficient (Wildman–Crippen LogP) is 2.03. The second-order valence-corrected chi connectivity index (χ2v) is 6.32. The van der Waals surface area contributed by atoms with Crippen molar-refractivity contribution in [2.45, 2.75) is 19.9 Å². The summed E-state index contributed by atoms with van der Waals surface area (Å²) >= 11 is 0. The van der Waals surface area contributed by atoms with Gasteiger partial charge >= 0.3 is 0 Å². The summed E-state index contributed by atoms with van der Waals surface area (Å²) in [5, 5.41) is 0. The van der Waals surface area contributed by atoms with Crippen LogP contribution in [0, 0.1) is 6.92 Å². The Kier molecular flexibility index (Phi) is 5.11. The van der Waals surface area contributed by atoms with E-state index in [1.54, 1.807) is 23.2 Å². The number of aromatic amines is 1. The van der Waals surface area contributed by atoms with E-state index in [4.69, 9.17) is 0 Å². The number of aryl methyl sites for hydroxylation is 1. The average Bonchev–Trinajstić information content (AvgIpc) is 2.82. The third kappa shape index (κ3) is 3.92. The molecule has 3 rings (SSSR count). The van der Waals surface area contributed by atoms with E-state index in [0.717, 1.165) is 26.1 Å². The molecule has 2 aromatic rings. The van der Waals surface area contributed by atoms with Crippen molar-refractivity contribution in [1.82, 2.24) is 14.8 Å². The van der Waals surface area contributed by atoms with Crippen molar-refractivity contribution in [1.29, 1.82) is 0 Å². The van der Waals surface area contributed by atoms with Crippen molar-refractivity contribution in [2.75, 3.05) is 26.2 Å². The van der Waals surface area contributed by atoms with Crippen LogP contribution < -0.4 is 5.56 Å². The SMILES string of the molecule is Cc1ccc(CN2CCCN(C(=O)c3ccc[nH]c3=O)CC2)cc1. The highest BCUT2D eigenvalue weighted by atomic mass is 16.2. The van der Waals surface area contributed by atoms with E-state index in [-0.39, 0.29) is 17.0 Å². The van der Waals surface area contributed by atoms with E-state index >= 15 is 0 Å². The highest BCUT2D eigenvalue weighted by molar-refractivity contribution is 5.93. The van der Waals surface area contributed by atoms with Crippen LogP contribution in [0.3, 0.4) is 0 Å². The maximum Gasteiger partial charge on any atom is 0.260 e. The van der Waals surface area contributed by atoms with Gasteiger partial charge in [-0.15, -0.1) is 0 Å². The normalized spacial score (nSPS) is 16.0. The third-order valence-corrected chi connectivity index (χ3v) is 4.45. The van der Waals surface area contributed by atoms with Crippen molar-refractivity contribution in [3.8, 4) is 0 Å². The number of rotatable bonds is 3. The summed E-state index contributed by atoms with van der Waals surface area (Å²) in [6.45, 7) is 6.11. The molecule has 0 radical (unpaired) electrons. The highest BCUT2D eigenvalue weighted by Gasteiger charge is 2.21. The first-order chi connectivity index (χ1) is 11.6. The molecular formula is C19H23N3O2. The summed E-state index contributed by atoms with van der Waals surface area (Å²) in [6, 6.07) is 11.9. The average molecular weight is 325 g/mol. The zero-order valence-corrected chi connectivity index (χ0v) is 14.0. The van der Waals surface area contributed by atoms with Crippen LogP contribution >= 0.6 is 0 Å². The summed E-state index contributed by atoms with van der Waals surface area (Å²) in [7, 11) is 0. The lowest BCUT2D eigenvalue weighted by atomic mass is 10.1. The fourth-order valence-electron chi connectivity index (χ4n) is 3.04. The van der Waals surface area contributed by atoms with Gasteiger partial charge in [-0.2, -0.15) is 0 Å². The van der Waals surface area contributed by atoms with Gasteiger partial charge in [-0.1, -0.05) is 29.8 Å². The topological polar surface area (TPSA) is 56.4 Å². The minimum absolute atomic E-state index is 0.172. The molecule has 1 aromatic heterocycles. The first kappa shape index (κ1) is 16.5. The van der Waals surface area contributed by atoms with Crippen LogP contribution in [0.1, 0.15) is 27.9 Å². The van der Waals surface area contributed by atoms with E-state index < -0.39 is 0 Å². The van der Waals surface area contributed by atoms with Gasteiger partial charge in [-0.05, 0) is 31.0 Å². The Labute approximate surface area is 141 Å². The Hall–Kier alpha value is -2.40. The molecule has 1 aliphatic heterocycles. The van der Waals surface area contributed by atoms with Gasteiger partial charge < -0.3 is 9.88 Å². The summed E-state index contributed by atoms with van der Waals surface area (Å²) in [5.74, 6) is -0.172. The zero-order chi connectivity index (χ0) is 16.9. The molecule has 0 unspecified atom stereocenters. The van der Waals surface area contributed by atoms with Crippen LogP contribution in [0.25, 0.3) is 0 Å². The summed E-state index contributed by atoms with van der Waals surface area (Å²) in [6.07, 6.45) is 2.47. The molecule has 2 heterocycles. The lowest BCUT2D eigenvalue weighted by molar-refractivity contribution is 0.0759. The second kappa shape index (κ2) is 7.45. The Bertz CT molecular complexity index is 752. The van der Waals surface area contributed by atoms with Gasteiger partial charge in [0.1, 0.15) is 5.56 Å². The van der Waals surface area contributed by atoms with Crippen LogP contribution in [0.2, 0.25) is 0 Å².